The van der Waals surface area contributed by atoms with E-state index < -0.39 is 0 Å². The molecular weight excluding hydrogens is 457 g/mol. The van der Waals surface area contributed by atoms with Crippen molar-refractivity contribution >= 4 is 41.5 Å². The molecule has 1 saturated heterocycles. The Morgan fingerprint density at radius 1 is 1.11 bits per heavy atom. The zero-order chi connectivity index (χ0) is 18.8. The Labute approximate surface area is 179 Å². The Kier molecular flexibility index (Phi) is 10.9. The van der Waals surface area contributed by atoms with Crippen LogP contribution in [0.1, 0.15) is 20.3 Å². The highest BCUT2D eigenvalue weighted by Crippen LogP contribution is 2.20. The van der Waals surface area contributed by atoms with Crippen molar-refractivity contribution in [2.45, 2.75) is 20.3 Å². The van der Waals surface area contributed by atoms with Crippen LogP contribution in [0.15, 0.2) is 29.3 Å². The van der Waals surface area contributed by atoms with Gasteiger partial charge in [0.25, 0.3) is 0 Å². The standard InChI is InChI=1S/C19H31N5O2.HI/c1-4-10-21-18(25)15-22-19(20-5-2)24-13-11-23(12-14-24)16-6-8-17(26-3)9-7-16;/h6-9H,4-5,10-15H2,1-3H3,(H,20,22)(H,21,25);1H. The molecule has 152 valence electrons. The van der Waals surface area contributed by atoms with Crippen molar-refractivity contribution in [3.05, 3.63) is 24.3 Å². The topological polar surface area (TPSA) is 69.2 Å². The third kappa shape index (κ3) is 7.43. The molecule has 0 atom stereocenters. The maximum Gasteiger partial charge on any atom is 0.241 e. The number of nitrogens with zero attached hydrogens (tertiary/aromatic N) is 3. The summed E-state index contributed by atoms with van der Waals surface area (Å²) < 4.78 is 5.22. The lowest BCUT2D eigenvalue weighted by Crippen LogP contribution is -2.52. The molecule has 1 aliphatic heterocycles. The van der Waals surface area contributed by atoms with Crippen LogP contribution in [0.4, 0.5) is 5.69 Å². The van der Waals surface area contributed by atoms with E-state index in [0.717, 1.165) is 50.9 Å². The molecule has 1 aliphatic rings. The lowest BCUT2D eigenvalue weighted by molar-refractivity contribution is -0.119. The fourth-order valence-electron chi connectivity index (χ4n) is 2.86. The Morgan fingerprint density at radius 3 is 2.33 bits per heavy atom. The maximum absolute atomic E-state index is 11.8. The molecule has 2 rings (SSSR count). The Bertz CT molecular complexity index is 586. The summed E-state index contributed by atoms with van der Waals surface area (Å²) in [5, 5.41) is 6.15. The van der Waals surface area contributed by atoms with Gasteiger partial charge in [-0.05, 0) is 37.6 Å². The summed E-state index contributed by atoms with van der Waals surface area (Å²) in [6.45, 7) is 9.30. The number of halogens is 1. The maximum atomic E-state index is 11.8. The Hall–Kier alpha value is -1.71. The highest BCUT2D eigenvalue weighted by molar-refractivity contribution is 14.0. The first-order valence-corrected chi connectivity index (χ1v) is 9.36. The van der Waals surface area contributed by atoms with E-state index in [0.29, 0.717) is 6.54 Å². The van der Waals surface area contributed by atoms with Crippen molar-refractivity contribution in [2.24, 2.45) is 4.99 Å². The lowest BCUT2D eigenvalue weighted by atomic mass is 10.2. The van der Waals surface area contributed by atoms with Gasteiger partial charge in [0, 0.05) is 45.0 Å². The number of ether oxygens (including phenoxy) is 1. The molecule has 7 nitrogen and oxygen atoms in total. The fourth-order valence-corrected chi connectivity index (χ4v) is 2.86. The number of guanidine groups is 1. The Morgan fingerprint density at radius 2 is 1.78 bits per heavy atom. The number of amides is 1. The van der Waals surface area contributed by atoms with Gasteiger partial charge in [-0.1, -0.05) is 6.92 Å². The minimum absolute atomic E-state index is 0. The average Bonchev–Trinajstić information content (AvgIpc) is 2.69. The molecule has 0 bridgehead atoms. The molecule has 0 radical (unpaired) electrons. The number of methoxy groups -OCH3 is 1. The third-order valence-corrected chi connectivity index (χ3v) is 4.30. The molecule has 0 aliphatic carbocycles. The van der Waals surface area contributed by atoms with Gasteiger partial charge in [-0.15, -0.1) is 24.0 Å². The summed E-state index contributed by atoms with van der Waals surface area (Å²) in [6, 6.07) is 8.15. The summed E-state index contributed by atoms with van der Waals surface area (Å²) in [5.74, 6) is 1.66. The number of carbonyl (C=O) groups excluding carboxylic acids is 1. The molecule has 1 heterocycles. The van der Waals surface area contributed by atoms with E-state index in [2.05, 4.69) is 37.6 Å². The van der Waals surface area contributed by atoms with E-state index in [1.807, 2.05) is 26.0 Å². The zero-order valence-corrected chi connectivity index (χ0v) is 18.9. The number of nitrogens with one attached hydrogen (secondary N) is 2. The first-order chi connectivity index (χ1) is 12.7. The van der Waals surface area contributed by atoms with E-state index >= 15 is 0 Å². The van der Waals surface area contributed by atoms with Gasteiger partial charge in [0.1, 0.15) is 12.3 Å². The molecule has 1 amide bonds. The summed E-state index contributed by atoms with van der Waals surface area (Å²) >= 11 is 0. The van der Waals surface area contributed by atoms with Gasteiger partial charge in [-0.3, -0.25) is 4.79 Å². The average molecular weight is 489 g/mol. The van der Waals surface area contributed by atoms with Gasteiger partial charge in [-0.2, -0.15) is 0 Å². The first kappa shape index (κ1) is 23.3. The minimum Gasteiger partial charge on any atom is -0.497 e. The number of rotatable bonds is 7. The number of carbonyl (C=O) groups is 1. The van der Waals surface area contributed by atoms with E-state index in [1.165, 1.54) is 5.69 Å². The summed E-state index contributed by atoms with van der Waals surface area (Å²) in [5.41, 5.74) is 1.20. The second kappa shape index (κ2) is 12.6. The van der Waals surface area contributed by atoms with E-state index in [9.17, 15) is 4.79 Å². The second-order valence-corrected chi connectivity index (χ2v) is 6.19. The van der Waals surface area contributed by atoms with Crippen LogP contribution in [0.25, 0.3) is 0 Å². The van der Waals surface area contributed by atoms with Gasteiger partial charge >= 0.3 is 0 Å². The van der Waals surface area contributed by atoms with Crippen LogP contribution in [0.2, 0.25) is 0 Å². The van der Waals surface area contributed by atoms with Gasteiger partial charge in [0.15, 0.2) is 5.96 Å². The van der Waals surface area contributed by atoms with Crippen LogP contribution in [-0.4, -0.2) is 69.7 Å². The Balaban J connectivity index is 0.00000364. The lowest BCUT2D eigenvalue weighted by Gasteiger charge is -2.37. The predicted molar refractivity (Wildman–Crippen MR) is 121 cm³/mol. The highest BCUT2D eigenvalue weighted by Gasteiger charge is 2.20. The van der Waals surface area contributed by atoms with E-state index in [4.69, 9.17) is 4.74 Å². The number of aliphatic imine (C=N–C) groups is 1. The van der Waals surface area contributed by atoms with Crippen molar-refractivity contribution in [2.75, 3.05) is 57.8 Å². The smallest absolute Gasteiger partial charge is 0.241 e. The van der Waals surface area contributed by atoms with Crippen LogP contribution < -0.4 is 20.3 Å². The zero-order valence-electron chi connectivity index (χ0n) is 16.5. The molecule has 0 spiro atoms. The van der Waals surface area contributed by atoms with Crippen LogP contribution in [0, 0.1) is 0 Å². The molecule has 27 heavy (non-hydrogen) atoms. The number of anilines is 1. The van der Waals surface area contributed by atoms with Crippen LogP contribution in [0.3, 0.4) is 0 Å². The van der Waals surface area contributed by atoms with Gasteiger partial charge in [0.2, 0.25) is 5.91 Å². The quantitative estimate of drug-likeness (QED) is 0.348. The molecular formula is C19H32IN5O2. The van der Waals surface area contributed by atoms with Crippen molar-refractivity contribution in [1.82, 2.24) is 15.5 Å². The largest absolute Gasteiger partial charge is 0.497 e. The molecule has 2 N–H and O–H groups in total. The number of benzene rings is 1. The van der Waals surface area contributed by atoms with E-state index in [-0.39, 0.29) is 36.4 Å². The third-order valence-electron chi connectivity index (χ3n) is 4.30. The van der Waals surface area contributed by atoms with Crippen LogP contribution in [-0.2, 0) is 4.79 Å². The number of piperazine rings is 1. The van der Waals surface area contributed by atoms with Crippen molar-refractivity contribution in [1.29, 1.82) is 0 Å². The molecule has 1 aromatic rings. The highest BCUT2D eigenvalue weighted by atomic mass is 127. The SMILES string of the molecule is CCCNC(=O)CN=C(NCC)N1CCN(c2ccc(OC)cc2)CC1.I. The molecule has 0 unspecified atom stereocenters. The predicted octanol–water partition coefficient (Wildman–Crippen LogP) is 1.93. The molecule has 1 fully saturated rings. The second-order valence-electron chi connectivity index (χ2n) is 6.19. The van der Waals surface area contributed by atoms with Crippen molar-refractivity contribution in [3.8, 4) is 5.75 Å². The van der Waals surface area contributed by atoms with Crippen LogP contribution in [0.5, 0.6) is 5.75 Å². The number of hydrogen-bond acceptors (Lipinski definition) is 4. The molecule has 0 aromatic heterocycles. The van der Waals surface area contributed by atoms with Gasteiger partial charge in [0.05, 0.1) is 7.11 Å². The molecule has 8 heteroatoms. The molecule has 0 saturated carbocycles. The monoisotopic (exact) mass is 489 g/mol. The van der Waals surface area contributed by atoms with Gasteiger partial charge < -0.3 is 25.2 Å². The normalized spacial score (nSPS) is 14.4. The first-order valence-electron chi connectivity index (χ1n) is 9.36. The molecule has 1 aromatic carbocycles. The van der Waals surface area contributed by atoms with E-state index in [1.54, 1.807) is 7.11 Å². The van der Waals surface area contributed by atoms with Crippen molar-refractivity contribution in [3.63, 3.8) is 0 Å². The van der Waals surface area contributed by atoms with Crippen molar-refractivity contribution < 1.29 is 9.53 Å². The summed E-state index contributed by atoms with van der Waals surface area (Å²) in [6.07, 6.45) is 0.933. The summed E-state index contributed by atoms with van der Waals surface area (Å²) in [4.78, 5) is 20.9. The van der Waals surface area contributed by atoms with Gasteiger partial charge in [-0.25, -0.2) is 4.99 Å². The fraction of sp³-hybridized carbons (Fsp3) is 0.579. The van der Waals surface area contributed by atoms with Crippen LogP contribution >= 0.6 is 24.0 Å². The number of hydrogen-bond donors (Lipinski definition) is 2. The summed E-state index contributed by atoms with van der Waals surface area (Å²) in [7, 11) is 1.68. The minimum atomic E-state index is -0.0286.